The van der Waals surface area contributed by atoms with Crippen LogP contribution in [0.4, 0.5) is 5.69 Å². The van der Waals surface area contributed by atoms with Crippen molar-refractivity contribution in [1.29, 1.82) is 0 Å². The van der Waals surface area contributed by atoms with Crippen LogP contribution in [0.1, 0.15) is 61.4 Å². The van der Waals surface area contributed by atoms with Crippen LogP contribution < -0.4 is 9.64 Å². The van der Waals surface area contributed by atoms with Gasteiger partial charge in [-0.3, -0.25) is 9.11 Å². The van der Waals surface area contributed by atoms with Gasteiger partial charge in [0.15, 0.2) is 0 Å². The predicted molar refractivity (Wildman–Crippen MR) is 161 cm³/mol. The smallest absolute Gasteiger partial charge is 0.294 e. The van der Waals surface area contributed by atoms with Crippen molar-refractivity contribution >= 4 is 50.2 Å². The van der Waals surface area contributed by atoms with Crippen molar-refractivity contribution in [2.24, 2.45) is 0 Å². The van der Waals surface area contributed by atoms with Gasteiger partial charge in [0.25, 0.3) is 20.2 Å². The second-order valence-corrected chi connectivity index (χ2v) is 12.2. The summed E-state index contributed by atoms with van der Waals surface area (Å²) in [5, 5.41) is 0. The summed E-state index contributed by atoms with van der Waals surface area (Å²) < 4.78 is 73.1. The van der Waals surface area contributed by atoms with Crippen LogP contribution >= 0.6 is 0 Å². The highest BCUT2D eigenvalue weighted by Gasteiger charge is 2.27. The van der Waals surface area contributed by atoms with E-state index in [0.29, 0.717) is 0 Å². The van der Waals surface area contributed by atoms with E-state index in [9.17, 15) is 25.9 Å². The Kier molecular flexibility index (Phi) is 9.96. The summed E-state index contributed by atoms with van der Waals surface area (Å²) >= 11 is 0. The second-order valence-electron chi connectivity index (χ2n) is 9.47. The van der Waals surface area contributed by atoms with E-state index in [1.807, 2.05) is 48.6 Å². The molecule has 3 rings (SSSR count). The summed E-state index contributed by atoms with van der Waals surface area (Å²) in [7, 11) is -7.84. The molecule has 0 bridgehead atoms. The van der Waals surface area contributed by atoms with Crippen LogP contribution in [0.5, 0.6) is 5.75 Å². The third-order valence-corrected chi connectivity index (χ3v) is 8.25. The number of hydrogen-bond acceptors (Lipinski definition) is 6. The SMILES string of the molecule is CCN(CC)c1ccc(/C=C/c2ccc(/C=C/c3cc(S(=O)(=O)O)c(C(C)C)c(S(=O)(=O)O)c3)cc2)c(OC)c1. The molecular weight excluding hydrogens is 550 g/mol. The molecule has 40 heavy (non-hydrogen) atoms. The van der Waals surface area contributed by atoms with E-state index >= 15 is 0 Å². The number of ether oxygens (including phenoxy) is 1. The maximum absolute atomic E-state index is 12.0. The summed E-state index contributed by atoms with van der Waals surface area (Å²) in [6, 6.07) is 16.0. The fourth-order valence-corrected chi connectivity index (χ4v) is 6.31. The lowest BCUT2D eigenvalue weighted by molar-refractivity contribution is 0.414. The highest BCUT2D eigenvalue weighted by atomic mass is 32.2. The fourth-order valence-electron chi connectivity index (χ4n) is 4.43. The van der Waals surface area contributed by atoms with Gasteiger partial charge in [-0.05, 0) is 66.3 Å². The van der Waals surface area contributed by atoms with Crippen molar-refractivity contribution in [2.45, 2.75) is 43.4 Å². The predicted octanol–water partition coefficient (Wildman–Crippen LogP) is 6.50. The summed E-state index contributed by atoms with van der Waals surface area (Å²) in [6.45, 7) is 9.17. The summed E-state index contributed by atoms with van der Waals surface area (Å²) in [6.07, 6.45) is 7.12. The Balaban J connectivity index is 1.88. The topological polar surface area (TPSA) is 121 Å². The minimum absolute atomic E-state index is 0.169. The molecule has 0 saturated heterocycles. The number of nitrogens with zero attached hydrogens (tertiary/aromatic N) is 1. The third kappa shape index (κ3) is 7.60. The molecule has 0 radical (unpaired) electrons. The van der Waals surface area contributed by atoms with Crippen LogP contribution in [0.15, 0.2) is 64.4 Å². The van der Waals surface area contributed by atoms with E-state index in [4.69, 9.17) is 4.74 Å². The Morgan fingerprint density at radius 3 is 1.65 bits per heavy atom. The average molecular weight is 586 g/mol. The molecule has 0 aliphatic heterocycles. The van der Waals surface area contributed by atoms with E-state index in [1.54, 1.807) is 27.0 Å². The molecule has 0 aliphatic rings. The molecule has 0 spiro atoms. The molecule has 0 atom stereocenters. The van der Waals surface area contributed by atoms with Gasteiger partial charge in [0.1, 0.15) is 5.75 Å². The van der Waals surface area contributed by atoms with Crippen LogP contribution in [0.2, 0.25) is 0 Å². The minimum Gasteiger partial charge on any atom is -0.496 e. The molecule has 0 aliphatic carbocycles. The molecule has 0 aromatic heterocycles. The van der Waals surface area contributed by atoms with Gasteiger partial charge in [0, 0.05) is 30.4 Å². The van der Waals surface area contributed by atoms with Gasteiger partial charge in [-0.15, -0.1) is 0 Å². The number of methoxy groups -OCH3 is 1. The second kappa shape index (κ2) is 12.8. The average Bonchev–Trinajstić information content (AvgIpc) is 2.90. The van der Waals surface area contributed by atoms with E-state index in [2.05, 4.69) is 24.8 Å². The molecule has 0 unspecified atom stereocenters. The molecule has 3 aromatic carbocycles. The van der Waals surface area contributed by atoms with Crippen LogP contribution in [0, 0.1) is 0 Å². The van der Waals surface area contributed by atoms with E-state index in [0.717, 1.165) is 41.2 Å². The standard InChI is InChI=1S/C30H35NO7S2/c1-6-31(7-2)26-17-16-25(27(20-26)38-5)15-14-23-10-8-22(9-11-23)12-13-24-18-28(39(32,33)34)30(21(3)4)29(19-24)40(35,36)37/h8-21H,6-7H2,1-5H3,(H,32,33,34)(H,35,36,37)/b13-12+,15-14+. The van der Waals surface area contributed by atoms with Crippen LogP contribution in [-0.4, -0.2) is 46.1 Å². The summed E-state index contributed by atoms with van der Waals surface area (Å²) in [5.74, 6) is 0.185. The Labute approximate surface area is 237 Å². The summed E-state index contributed by atoms with van der Waals surface area (Å²) in [5.41, 5.74) is 3.77. The Hall–Kier alpha value is -3.44. The number of rotatable bonds is 11. The highest BCUT2D eigenvalue weighted by Crippen LogP contribution is 2.33. The van der Waals surface area contributed by atoms with Gasteiger partial charge in [-0.2, -0.15) is 16.8 Å². The first kappa shape index (κ1) is 31.1. The number of anilines is 1. The van der Waals surface area contributed by atoms with E-state index in [1.165, 1.54) is 18.2 Å². The lowest BCUT2D eigenvalue weighted by atomic mass is 10.0. The van der Waals surface area contributed by atoms with Crippen molar-refractivity contribution in [3.8, 4) is 5.75 Å². The van der Waals surface area contributed by atoms with Gasteiger partial charge in [0.2, 0.25) is 0 Å². The number of benzene rings is 3. The zero-order chi connectivity index (χ0) is 29.7. The van der Waals surface area contributed by atoms with Crippen molar-refractivity contribution in [1.82, 2.24) is 0 Å². The van der Waals surface area contributed by atoms with Crippen molar-refractivity contribution < 1.29 is 30.7 Å². The molecule has 0 heterocycles. The molecule has 0 fully saturated rings. The highest BCUT2D eigenvalue weighted by molar-refractivity contribution is 7.86. The van der Waals surface area contributed by atoms with Gasteiger partial charge < -0.3 is 9.64 Å². The summed E-state index contributed by atoms with van der Waals surface area (Å²) in [4.78, 5) is 1.13. The zero-order valence-electron chi connectivity index (χ0n) is 23.2. The van der Waals surface area contributed by atoms with E-state index in [-0.39, 0.29) is 11.1 Å². The molecule has 0 amide bonds. The molecule has 2 N–H and O–H groups in total. The number of hydrogen-bond donors (Lipinski definition) is 2. The zero-order valence-corrected chi connectivity index (χ0v) is 24.8. The van der Waals surface area contributed by atoms with Gasteiger partial charge >= 0.3 is 0 Å². The molecule has 0 saturated carbocycles. The Bertz CT molecular complexity index is 1570. The molecule has 10 heteroatoms. The Morgan fingerprint density at radius 2 is 1.23 bits per heavy atom. The quantitative estimate of drug-likeness (QED) is 0.193. The lowest BCUT2D eigenvalue weighted by Crippen LogP contribution is -2.21. The van der Waals surface area contributed by atoms with Crippen molar-refractivity contribution in [3.05, 3.63) is 82.4 Å². The first-order chi connectivity index (χ1) is 18.8. The lowest BCUT2D eigenvalue weighted by Gasteiger charge is -2.22. The first-order valence-corrected chi connectivity index (χ1v) is 15.7. The van der Waals surface area contributed by atoms with Gasteiger partial charge in [-0.1, -0.05) is 62.4 Å². The van der Waals surface area contributed by atoms with Crippen molar-refractivity contribution in [3.63, 3.8) is 0 Å². The van der Waals surface area contributed by atoms with Crippen LogP contribution in [-0.2, 0) is 20.2 Å². The third-order valence-electron chi connectivity index (χ3n) is 6.47. The Morgan fingerprint density at radius 1 is 0.750 bits per heavy atom. The minimum atomic E-state index is -4.74. The molecule has 214 valence electrons. The van der Waals surface area contributed by atoms with Crippen LogP contribution in [0.25, 0.3) is 24.3 Å². The molecular formula is C30H35NO7S2. The molecule has 3 aromatic rings. The maximum atomic E-state index is 12.0. The fraction of sp³-hybridized carbons (Fsp3) is 0.267. The normalized spacial score (nSPS) is 12.5. The largest absolute Gasteiger partial charge is 0.496 e. The first-order valence-electron chi connectivity index (χ1n) is 12.8. The van der Waals surface area contributed by atoms with E-state index < -0.39 is 35.9 Å². The van der Waals surface area contributed by atoms with Crippen LogP contribution in [0.3, 0.4) is 0 Å². The molecule has 8 nitrogen and oxygen atoms in total. The van der Waals surface area contributed by atoms with Gasteiger partial charge in [0.05, 0.1) is 16.9 Å². The van der Waals surface area contributed by atoms with Crippen molar-refractivity contribution in [2.75, 3.05) is 25.1 Å². The maximum Gasteiger partial charge on any atom is 0.294 e. The monoisotopic (exact) mass is 585 g/mol. The van der Waals surface area contributed by atoms with Gasteiger partial charge in [-0.25, -0.2) is 0 Å².